The molecule has 0 saturated carbocycles. The second-order valence-corrected chi connectivity index (χ2v) is 7.79. The fraction of sp³-hybridized carbons (Fsp3) is 0.471. The quantitative estimate of drug-likeness (QED) is 0.290. The van der Waals surface area contributed by atoms with Gasteiger partial charge >= 0.3 is 0 Å². The molecule has 2 aromatic rings. The lowest BCUT2D eigenvalue weighted by molar-refractivity contribution is 0.0601. The smallest absolute Gasteiger partial charge is 0.191 e. The normalized spacial score (nSPS) is 13.9. The molecule has 0 bridgehead atoms. The summed E-state index contributed by atoms with van der Waals surface area (Å²) in [7, 11) is 0. The van der Waals surface area contributed by atoms with Gasteiger partial charge in [0.1, 0.15) is 17.1 Å². The van der Waals surface area contributed by atoms with Gasteiger partial charge in [-0.05, 0) is 55.8 Å². The summed E-state index contributed by atoms with van der Waals surface area (Å²) in [4.78, 5) is 5.74. The van der Waals surface area contributed by atoms with Crippen molar-refractivity contribution in [2.45, 2.75) is 39.8 Å². The van der Waals surface area contributed by atoms with Crippen LogP contribution in [0.4, 0.5) is 0 Å². The van der Waals surface area contributed by atoms with E-state index in [-0.39, 0.29) is 24.0 Å². The van der Waals surface area contributed by atoms with Crippen molar-refractivity contribution < 1.29 is 9.52 Å². The van der Waals surface area contributed by atoms with Crippen LogP contribution in [-0.2, 0) is 12.1 Å². The largest absolute Gasteiger partial charge is 0.466 e. The Labute approximate surface area is 178 Å². The van der Waals surface area contributed by atoms with Gasteiger partial charge < -0.3 is 20.2 Å². The van der Waals surface area contributed by atoms with Crippen molar-refractivity contribution in [2.24, 2.45) is 4.99 Å². The number of nitrogens with one attached hydrogen (secondary N) is 2. The van der Waals surface area contributed by atoms with Crippen LogP contribution in [0.1, 0.15) is 35.8 Å². The minimum absolute atomic E-state index is 0. The zero-order valence-electron chi connectivity index (χ0n) is 14.9. The molecule has 0 fully saturated rings. The van der Waals surface area contributed by atoms with Crippen LogP contribution in [0.5, 0.6) is 0 Å². The summed E-state index contributed by atoms with van der Waals surface area (Å²) in [6.45, 7) is 9.23. The van der Waals surface area contributed by atoms with Gasteiger partial charge in [0.05, 0.1) is 13.1 Å². The van der Waals surface area contributed by atoms with E-state index in [1.807, 2.05) is 32.2 Å². The number of rotatable bonds is 6. The molecule has 2 heterocycles. The maximum absolute atomic E-state index is 10.8. The summed E-state index contributed by atoms with van der Waals surface area (Å²) >= 11 is 5.11. The number of hydrogen-bond acceptors (Lipinski definition) is 4. The lowest BCUT2D eigenvalue weighted by Crippen LogP contribution is -2.44. The van der Waals surface area contributed by atoms with Gasteiger partial charge in [0, 0.05) is 26.8 Å². The predicted octanol–water partition coefficient (Wildman–Crippen LogP) is 4.30. The van der Waals surface area contributed by atoms with Crippen LogP contribution < -0.4 is 10.6 Å². The van der Waals surface area contributed by atoms with E-state index in [2.05, 4.69) is 37.6 Å². The van der Waals surface area contributed by atoms with Crippen LogP contribution in [0.3, 0.4) is 0 Å². The van der Waals surface area contributed by atoms with E-state index in [1.54, 1.807) is 18.3 Å². The minimum Gasteiger partial charge on any atom is -0.466 e. The first kappa shape index (κ1) is 22.5. The Balaban J connectivity index is 0.00000312. The number of halogens is 2. The number of aryl methyl sites for hydroxylation is 2. The highest BCUT2D eigenvalue weighted by Crippen LogP contribution is 2.26. The zero-order valence-corrected chi connectivity index (χ0v) is 19.6. The average Bonchev–Trinajstić information content (AvgIpc) is 3.07. The summed E-state index contributed by atoms with van der Waals surface area (Å²) in [5.41, 5.74) is -0.241. The lowest BCUT2D eigenvalue weighted by Gasteiger charge is -2.24. The van der Waals surface area contributed by atoms with Crippen molar-refractivity contribution in [2.75, 3.05) is 13.1 Å². The standard InChI is InChI=1S/C17H24BrN3O2S.HI/c1-5-19-16(20-8-14-7-13(18)9-24-14)21-10-17(4,22)15-6-11(2)23-12(15)3;/h6-7,9,22H,5,8,10H2,1-4H3,(H2,19,20,21);1H. The van der Waals surface area contributed by atoms with Crippen molar-refractivity contribution >= 4 is 57.2 Å². The molecular formula is C17H25BrIN3O2S. The Kier molecular flexibility index (Phi) is 8.93. The average molecular weight is 542 g/mol. The maximum Gasteiger partial charge on any atom is 0.191 e. The highest BCUT2D eigenvalue weighted by atomic mass is 127. The van der Waals surface area contributed by atoms with E-state index in [0.29, 0.717) is 19.0 Å². The van der Waals surface area contributed by atoms with Gasteiger partial charge in [0.25, 0.3) is 0 Å². The summed E-state index contributed by atoms with van der Waals surface area (Å²) in [5, 5.41) is 19.2. The number of furan rings is 1. The van der Waals surface area contributed by atoms with Crippen molar-refractivity contribution in [1.82, 2.24) is 10.6 Å². The summed E-state index contributed by atoms with van der Waals surface area (Å²) in [5.74, 6) is 2.22. The number of guanidine groups is 1. The molecule has 25 heavy (non-hydrogen) atoms. The molecule has 0 aromatic carbocycles. The second kappa shape index (κ2) is 9.94. The van der Waals surface area contributed by atoms with E-state index >= 15 is 0 Å². The van der Waals surface area contributed by atoms with E-state index in [9.17, 15) is 5.11 Å². The van der Waals surface area contributed by atoms with Gasteiger partial charge in [-0.3, -0.25) is 0 Å². The van der Waals surface area contributed by atoms with Crippen LogP contribution in [0, 0.1) is 13.8 Å². The van der Waals surface area contributed by atoms with Crippen LogP contribution in [0.25, 0.3) is 0 Å². The van der Waals surface area contributed by atoms with E-state index in [1.165, 1.54) is 4.88 Å². The van der Waals surface area contributed by atoms with Gasteiger partial charge in [0.2, 0.25) is 0 Å². The van der Waals surface area contributed by atoms with Gasteiger partial charge in [-0.1, -0.05) is 0 Å². The summed E-state index contributed by atoms with van der Waals surface area (Å²) < 4.78 is 6.60. The van der Waals surface area contributed by atoms with Gasteiger partial charge in [-0.15, -0.1) is 35.3 Å². The number of nitrogens with zero attached hydrogens (tertiary/aromatic N) is 1. The van der Waals surface area contributed by atoms with Crippen LogP contribution in [-0.4, -0.2) is 24.2 Å². The Morgan fingerprint density at radius 2 is 2.08 bits per heavy atom. The number of aliphatic imine (C=N–C) groups is 1. The topological polar surface area (TPSA) is 69.8 Å². The van der Waals surface area contributed by atoms with Crippen molar-refractivity contribution in [3.05, 3.63) is 43.9 Å². The molecule has 0 aliphatic heterocycles. The Bertz CT molecular complexity index is 713. The third-order valence-corrected chi connectivity index (χ3v) is 5.26. The molecule has 140 valence electrons. The molecule has 5 nitrogen and oxygen atoms in total. The molecule has 1 atom stereocenters. The van der Waals surface area contributed by atoms with E-state index in [4.69, 9.17) is 4.42 Å². The van der Waals surface area contributed by atoms with Gasteiger partial charge in [-0.2, -0.15) is 0 Å². The Morgan fingerprint density at radius 1 is 1.36 bits per heavy atom. The minimum atomic E-state index is -1.04. The molecule has 0 aliphatic rings. The predicted molar refractivity (Wildman–Crippen MR) is 118 cm³/mol. The SMILES string of the molecule is CCNC(=NCc1cc(Br)cs1)NCC(C)(O)c1cc(C)oc1C.I. The van der Waals surface area contributed by atoms with Crippen molar-refractivity contribution in [1.29, 1.82) is 0 Å². The number of thiophene rings is 1. The van der Waals surface area contributed by atoms with E-state index < -0.39 is 5.60 Å². The fourth-order valence-corrected chi connectivity index (χ4v) is 3.83. The Hall–Kier alpha value is -0.580. The molecule has 2 aromatic heterocycles. The molecule has 0 spiro atoms. The second-order valence-electron chi connectivity index (χ2n) is 5.88. The molecule has 3 N–H and O–H groups in total. The molecule has 0 radical (unpaired) electrons. The molecule has 8 heteroatoms. The fourth-order valence-electron chi connectivity index (χ4n) is 2.45. The van der Waals surface area contributed by atoms with Crippen LogP contribution in [0.15, 0.2) is 31.4 Å². The molecule has 2 rings (SSSR count). The molecule has 0 saturated heterocycles. The monoisotopic (exact) mass is 541 g/mol. The zero-order chi connectivity index (χ0) is 17.7. The van der Waals surface area contributed by atoms with Crippen LogP contribution >= 0.6 is 51.2 Å². The molecule has 0 aliphatic carbocycles. The number of hydrogen-bond donors (Lipinski definition) is 3. The first-order chi connectivity index (χ1) is 11.3. The first-order valence-corrected chi connectivity index (χ1v) is 9.54. The third-order valence-electron chi connectivity index (χ3n) is 3.58. The van der Waals surface area contributed by atoms with E-state index in [0.717, 1.165) is 28.1 Å². The van der Waals surface area contributed by atoms with Crippen molar-refractivity contribution in [3.8, 4) is 0 Å². The molecular weight excluding hydrogens is 517 g/mol. The van der Waals surface area contributed by atoms with Gasteiger partial charge in [-0.25, -0.2) is 4.99 Å². The third kappa shape index (κ3) is 6.58. The van der Waals surface area contributed by atoms with Crippen molar-refractivity contribution in [3.63, 3.8) is 0 Å². The Morgan fingerprint density at radius 3 is 2.60 bits per heavy atom. The molecule has 0 amide bonds. The molecule has 1 unspecified atom stereocenters. The first-order valence-electron chi connectivity index (χ1n) is 7.87. The highest BCUT2D eigenvalue weighted by Gasteiger charge is 2.27. The summed E-state index contributed by atoms with van der Waals surface area (Å²) in [6, 6.07) is 3.94. The lowest BCUT2D eigenvalue weighted by atomic mass is 9.96. The van der Waals surface area contributed by atoms with Gasteiger partial charge in [0.15, 0.2) is 5.96 Å². The van der Waals surface area contributed by atoms with Crippen LogP contribution in [0.2, 0.25) is 0 Å². The highest BCUT2D eigenvalue weighted by molar-refractivity contribution is 14.0. The maximum atomic E-state index is 10.8. The number of aliphatic hydroxyl groups is 1. The summed E-state index contributed by atoms with van der Waals surface area (Å²) in [6.07, 6.45) is 0.